The summed E-state index contributed by atoms with van der Waals surface area (Å²) in [5.74, 6) is 0. The predicted molar refractivity (Wildman–Crippen MR) is 49.6 cm³/mol. The fourth-order valence-electron chi connectivity index (χ4n) is 0.864. The van der Waals surface area contributed by atoms with Gasteiger partial charge in [0.1, 0.15) is 10.3 Å². The molecule has 0 unspecified atom stereocenters. The number of hydrogen-bond donors (Lipinski definition) is 1. The molecule has 0 amide bonds. The summed E-state index contributed by atoms with van der Waals surface area (Å²) in [6.45, 7) is 0. The van der Waals surface area contributed by atoms with E-state index in [9.17, 15) is 0 Å². The lowest BCUT2D eigenvalue weighted by Gasteiger charge is -1.88. The molecule has 2 aromatic rings. The number of thiophene rings is 1. The Labute approximate surface area is 76.4 Å². The molecule has 0 radical (unpaired) electrons. The van der Waals surface area contributed by atoms with Gasteiger partial charge in [0.25, 0.3) is 0 Å². The Balaban J connectivity index is 2.53. The van der Waals surface area contributed by atoms with Crippen LogP contribution in [0.1, 0.15) is 0 Å². The molecule has 11 heavy (non-hydrogen) atoms. The smallest absolute Gasteiger partial charge is 0.113 e. The number of halogens is 1. The van der Waals surface area contributed by atoms with Crippen LogP contribution in [0.4, 0.5) is 0 Å². The average molecular weight is 229 g/mol. The number of imidazole rings is 1. The van der Waals surface area contributed by atoms with E-state index in [0.29, 0.717) is 0 Å². The van der Waals surface area contributed by atoms with Crippen molar-refractivity contribution in [1.82, 2.24) is 9.97 Å². The number of nitrogens with one attached hydrogen (secondary N) is 1. The molecule has 2 aromatic heterocycles. The van der Waals surface area contributed by atoms with Crippen molar-refractivity contribution in [2.24, 2.45) is 0 Å². The molecule has 56 valence electrons. The highest BCUT2D eigenvalue weighted by Gasteiger charge is 2.04. The van der Waals surface area contributed by atoms with Crippen molar-refractivity contribution in [2.75, 3.05) is 0 Å². The molecule has 0 aromatic carbocycles. The van der Waals surface area contributed by atoms with E-state index in [0.717, 1.165) is 10.3 Å². The topological polar surface area (TPSA) is 28.7 Å². The molecule has 0 atom stereocenters. The molecule has 0 aliphatic carbocycles. The van der Waals surface area contributed by atoms with E-state index in [2.05, 4.69) is 25.9 Å². The summed E-state index contributed by atoms with van der Waals surface area (Å²) in [6, 6.07) is 4.06. The predicted octanol–water partition coefficient (Wildman–Crippen LogP) is 2.90. The Morgan fingerprint density at radius 3 is 3.00 bits per heavy atom. The van der Waals surface area contributed by atoms with Crippen molar-refractivity contribution >= 4 is 27.3 Å². The largest absolute Gasteiger partial charge is 0.339 e. The van der Waals surface area contributed by atoms with Crippen molar-refractivity contribution in [2.45, 2.75) is 0 Å². The summed E-state index contributed by atoms with van der Waals surface area (Å²) in [7, 11) is 0. The van der Waals surface area contributed by atoms with Crippen LogP contribution in [0.15, 0.2) is 28.4 Å². The maximum absolute atomic E-state index is 4.17. The maximum atomic E-state index is 4.17. The number of H-pyrrole nitrogens is 1. The summed E-state index contributed by atoms with van der Waals surface area (Å²) in [5.41, 5.74) is 0.986. The number of rotatable bonds is 1. The minimum absolute atomic E-state index is 0.944. The minimum atomic E-state index is 0.944. The summed E-state index contributed by atoms with van der Waals surface area (Å²) in [5, 5.41) is 2.04. The first kappa shape index (κ1) is 7.06. The lowest BCUT2D eigenvalue weighted by atomic mass is 10.4. The summed E-state index contributed by atoms with van der Waals surface area (Å²) < 4.78 is 0.944. The number of hydrogen-bond acceptors (Lipinski definition) is 2. The van der Waals surface area contributed by atoms with Crippen LogP contribution in [-0.4, -0.2) is 9.97 Å². The molecule has 0 saturated carbocycles. The Bertz CT molecular complexity index is 339. The Morgan fingerprint density at radius 1 is 1.55 bits per heavy atom. The zero-order valence-electron chi connectivity index (χ0n) is 5.54. The molecular formula is C7H5BrN2S. The van der Waals surface area contributed by atoms with Crippen LogP contribution >= 0.6 is 27.3 Å². The van der Waals surface area contributed by atoms with Gasteiger partial charge in [-0.1, -0.05) is 6.07 Å². The summed E-state index contributed by atoms with van der Waals surface area (Å²) >= 11 is 5.06. The summed E-state index contributed by atoms with van der Waals surface area (Å²) in [4.78, 5) is 8.31. The Morgan fingerprint density at radius 2 is 2.45 bits per heavy atom. The van der Waals surface area contributed by atoms with Gasteiger partial charge in [0.2, 0.25) is 0 Å². The van der Waals surface area contributed by atoms with E-state index in [1.165, 1.54) is 4.88 Å². The fourth-order valence-corrected chi connectivity index (χ4v) is 2.14. The molecule has 0 bridgehead atoms. The standard InChI is InChI=1S/C7H5BrN2S/c8-7-6(9-4-10-7)5-2-1-3-11-5/h1-4H,(H,9,10). The molecule has 2 rings (SSSR count). The van der Waals surface area contributed by atoms with Crippen LogP contribution in [-0.2, 0) is 0 Å². The molecule has 4 heteroatoms. The molecule has 0 spiro atoms. The van der Waals surface area contributed by atoms with Gasteiger partial charge < -0.3 is 4.98 Å². The lowest BCUT2D eigenvalue weighted by Crippen LogP contribution is -1.70. The van der Waals surface area contributed by atoms with Gasteiger partial charge in [0, 0.05) is 0 Å². The van der Waals surface area contributed by atoms with Crippen molar-refractivity contribution in [1.29, 1.82) is 0 Å². The van der Waals surface area contributed by atoms with E-state index in [-0.39, 0.29) is 0 Å². The van der Waals surface area contributed by atoms with Gasteiger partial charge in [-0.15, -0.1) is 11.3 Å². The zero-order valence-corrected chi connectivity index (χ0v) is 7.95. The van der Waals surface area contributed by atoms with Gasteiger partial charge in [0.15, 0.2) is 0 Å². The highest BCUT2D eigenvalue weighted by atomic mass is 79.9. The van der Waals surface area contributed by atoms with Crippen molar-refractivity contribution in [3.8, 4) is 10.6 Å². The van der Waals surface area contributed by atoms with E-state index in [4.69, 9.17) is 0 Å². The molecule has 1 N–H and O–H groups in total. The van der Waals surface area contributed by atoms with Crippen LogP contribution in [0.25, 0.3) is 10.6 Å². The van der Waals surface area contributed by atoms with Crippen molar-refractivity contribution < 1.29 is 0 Å². The van der Waals surface area contributed by atoms with Crippen molar-refractivity contribution in [3.05, 3.63) is 28.4 Å². The lowest BCUT2D eigenvalue weighted by molar-refractivity contribution is 1.30. The van der Waals surface area contributed by atoms with Crippen molar-refractivity contribution in [3.63, 3.8) is 0 Å². The molecule has 2 heterocycles. The maximum Gasteiger partial charge on any atom is 0.113 e. The first-order valence-corrected chi connectivity index (χ1v) is 4.78. The third kappa shape index (κ3) is 1.23. The third-order valence-electron chi connectivity index (χ3n) is 1.35. The normalized spacial score (nSPS) is 10.3. The van der Waals surface area contributed by atoms with Gasteiger partial charge in [-0.2, -0.15) is 0 Å². The first-order valence-electron chi connectivity index (χ1n) is 3.10. The second-order valence-electron chi connectivity index (χ2n) is 2.04. The zero-order chi connectivity index (χ0) is 7.68. The molecule has 0 fully saturated rings. The van der Waals surface area contributed by atoms with Crippen LogP contribution < -0.4 is 0 Å². The fraction of sp³-hybridized carbons (Fsp3) is 0. The number of aromatic nitrogens is 2. The van der Waals surface area contributed by atoms with Crippen LogP contribution in [0, 0.1) is 0 Å². The van der Waals surface area contributed by atoms with Crippen LogP contribution in [0.3, 0.4) is 0 Å². The van der Waals surface area contributed by atoms with Gasteiger partial charge >= 0.3 is 0 Å². The minimum Gasteiger partial charge on any atom is -0.339 e. The second kappa shape index (κ2) is 2.79. The summed E-state index contributed by atoms with van der Waals surface area (Å²) in [6.07, 6.45) is 1.68. The SMILES string of the molecule is Brc1[nH]cnc1-c1cccs1. The monoisotopic (exact) mass is 228 g/mol. The Kier molecular flexibility index (Phi) is 1.79. The third-order valence-corrected chi connectivity index (χ3v) is 2.83. The molecule has 0 aliphatic heterocycles. The van der Waals surface area contributed by atoms with Gasteiger partial charge in [-0.25, -0.2) is 4.98 Å². The van der Waals surface area contributed by atoms with Crippen LogP contribution in [0.5, 0.6) is 0 Å². The van der Waals surface area contributed by atoms with Gasteiger partial charge in [-0.3, -0.25) is 0 Å². The number of nitrogens with zero attached hydrogens (tertiary/aromatic N) is 1. The molecule has 0 aliphatic rings. The van der Waals surface area contributed by atoms with Gasteiger partial charge in [0.05, 0.1) is 11.2 Å². The van der Waals surface area contributed by atoms with E-state index in [1.54, 1.807) is 17.7 Å². The van der Waals surface area contributed by atoms with E-state index < -0.39 is 0 Å². The van der Waals surface area contributed by atoms with Crippen LogP contribution in [0.2, 0.25) is 0 Å². The van der Waals surface area contributed by atoms with Gasteiger partial charge in [-0.05, 0) is 27.4 Å². The first-order chi connectivity index (χ1) is 5.38. The van der Waals surface area contributed by atoms with E-state index in [1.807, 2.05) is 17.5 Å². The highest BCUT2D eigenvalue weighted by molar-refractivity contribution is 9.10. The quantitative estimate of drug-likeness (QED) is 0.800. The molecule has 0 saturated heterocycles. The second-order valence-corrected chi connectivity index (χ2v) is 3.78. The molecular weight excluding hydrogens is 224 g/mol. The number of aromatic amines is 1. The highest BCUT2D eigenvalue weighted by Crippen LogP contribution is 2.27. The average Bonchev–Trinajstić information content (AvgIpc) is 2.55. The Hall–Kier alpha value is -0.610. The van der Waals surface area contributed by atoms with E-state index >= 15 is 0 Å². The molecule has 2 nitrogen and oxygen atoms in total.